The highest BCUT2D eigenvalue weighted by Gasteiger charge is 2.31. The third kappa shape index (κ3) is 4.42. The van der Waals surface area contributed by atoms with Crippen molar-refractivity contribution in [3.63, 3.8) is 0 Å². The number of hydrogen-bond donors (Lipinski definition) is 2. The minimum absolute atomic E-state index is 0.0846. The van der Waals surface area contributed by atoms with E-state index in [4.69, 9.17) is 4.74 Å². The first-order chi connectivity index (χ1) is 9.82. The van der Waals surface area contributed by atoms with Gasteiger partial charge in [0.15, 0.2) is 0 Å². The first-order valence-corrected chi connectivity index (χ1v) is 6.63. The fourth-order valence-electron chi connectivity index (χ4n) is 2.04. The zero-order valence-corrected chi connectivity index (χ0v) is 12.4. The lowest BCUT2D eigenvalue weighted by Gasteiger charge is -2.26. The normalized spacial score (nSPS) is 13.5. The van der Waals surface area contributed by atoms with Crippen LogP contribution in [0.25, 0.3) is 0 Å². The van der Waals surface area contributed by atoms with Crippen LogP contribution in [0.1, 0.15) is 32.3 Å². The molecule has 0 amide bonds. The molecule has 1 rings (SSSR count). The molecule has 7 nitrogen and oxygen atoms in total. The van der Waals surface area contributed by atoms with Crippen LogP contribution in [0, 0.1) is 10.1 Å². The number of hydrogen-bond acceptors (Lipinski definition) is 5. The molecule has 0 aromatic heterocycles. The van der Waals surface area contributed by atoms with E-state index in [0.29, 0.717) is 24.2 Å². The van der Waals surface area contributed by atoms with Gasteiger partial charge in [0.25, 0.3) is 5.69 Å². The Balaban J connectivity index is 2.94. The van der Waals surface area contributed by atoms with Gasteiger partial charge in [-0.15, -0.1) is 0 Å². The van der Waals surface area contributed by atoms with Crippen molar-refractivity contribution < 1.29 is 19.6 Å². The van der Waals surface area contributed by atoms with Crippen molar-refractivity contribution in [3.05, 3.63) is 33.9 Å². The van der Waals surface area contributed by atoms with Crippen LogP contribution >= 0.6 is 0 Å². The molecule has 7 heteroatoms. The second kappa shape index (κ2) is 7.03. The highest BCUT2D eigenvalue weighted by Crippen LogP contribution is 2.23. The number of aliphatic carboxylic acids is 1. The molecule has 0 spiro atoms. The molecule has 0 heterocycles. The van der Waals surface area contributed by atoms with Gasteiger partial charge in [-0.05, 0) is 25.0 Å². The van der Waals surface area contributed by atoms with Crippen LogP contribution in [0.5, 0.6) is 5.75 Å². The predicted molar refractivity (Wildman–Crippen MR) is 77.4 cm³/mol. The standard InChI is InChI=1S/C14H20N2O5/c1-4-5-14(2,13(17)18)15-9-10-6-11(16(19)20)8-12(7-10)21-3/h6-8,15H,4-5,9H2,1-3H3,(H,17,18). The van der Waals surface area contributed by atoms with E-state index < -0.39 is 16.4 Å². The van der Waals surface area contributed by atoms with Crippen molar-refractivity contribution in [1.82, 2.24) is 5.32 Å². The van der Waals surface area contributed by atoms with Crippen molar-refractivity contribution in [2.75, 3.05) is 7.11 Å². The van der Waals surface area contributed by atoms with Crippen molar-refractivity contribution >= 4 is 11.7 Å². The van der Waals surface area contributed by atoms with E-state index in [-0.39, 0.29) is 12.2 Å². The summed E-state index contributed by atoms with van der Waals surface area (Å²) in [5.41, 5.74) is -0.546. The topological polar surface area (TPSA) is 102 Å². The Bertz CT molecular complexity index is 532. The van der Waals surface area contributed by atoms with Crippen LogP contribution in [0.15, 0.2) is 18.2 Å². The van der Waals surface area contributed by atoms with Crippen molar-refractivity contribution in [1.29, 1.82) is 0 Å². The highest BCUT2D eigenvalue weighted by atomic mass is 16.6. The summed E-state index contributed by atoms with van der Waals surface area (Å²) in [4.78, 5) is 21.7. The zero-order valence-electron chi connectivity index (χ0n) is 12.4. The lowest BCUT2D eigenvalue weighted by Crippen LogP contribution is -2.48. The van der Waals surface area contributed by atoms with E-state index in [2.05, 4.69) is 5.32 Å². The summed E-state index contributed by atoms with van der Waals surface area (Å²) in [6.07, 6.45) is 1.18. The van der Waals surface area contributed by atoms with Gasteiger partial charge >= 0.3 is 5.97 Å². The number of carboxylic acid groups (broad SMARTS) is 1. The van der Waals surface area contributed by atoms with Crippen LogP contribution in [-0.2, 0) is 11.3 Å². The number of nitro groups is 1. The number of ether oxygens (including phenoxy) is 1. The summed E-state index contributed by atoms with van der Waals surface area (Å²) in [5.74, 6) is -0.574. The molecule has 0 saturated heterocycles. The van der Waals surface area contributed by atoms with Gasteiger partial charge in [0, 0.05) is 12.6 Å². The molecular formula is C14H20N2O5. The van der Waals surface area contributed by atoms with E-state index >= 15 is 0 Å². The molecule has 0 aliphatic rings. The van der Waals surface area contributed by atoms with Crippen molar-refractivity contribution in [2.24, 2.45) is 0 Å². The number of nitro benzene ring substituents is 1. The summed E-state index contributed by atoms with van der Waals surface area (Å²) >= 11 is 0. The molecule has 116 valence electrons. The molecule has 0 saturated carbocycles. The number of methoxy groups -OCH3 is 1. The van der Waals surface area contributed by atoms with Crippen LogP contribution in [-0.4, -0.2) is 28.6 Å². The Morgan fingerprint density at radius 3 is 2.62 bits per heavy atom. The summed E-state index contributed by atoms with van der Waals surface area (Å²) in [6, 6.07) is 4.38. The fourth-order valence-corrected chi connectivity index (χ4v) is 2.04. The second-order valence-electron chi connectivity index (χ2n) is 5.04. The first-order valence-electron chi connectivity index (χ1n) is 6.63. The van der Waals surface area contributed by atoms with Gasteiger partial charge < -0.3 is 9.84 Å². The average Bonchev–Trinajstić information content (AvgIpc) is 2.44. The van der Waals surface area contributed by atoms with Gasteiger partial charge in [-0.25, -0.2) is 0 Å². The lowest BCUT2D eigenvalue weighted by molar-refractivity contribution is -0.385. The van der Waals surface area contributed by atoms with Crippen LogP contribution in [0.4, 0.5) is 5.69 Å². The highest BCUT2D eigenvalue weighted by molar-refractivity contribution is 5.78. The lowest BCUT2D eigenvalue weighted by atomic mass is 9.96. The Kier molecular flexibility index (Phi) is 5.66. The van der Waals surface area contributed by atoms with Crippen LogP contribution in [0.2, 0.25) is 0 Å². The van der Waals surface area contributed by atoms with Gasteiger partial charge in [0.05, 0.1) is 18.1 Å². The van der Waals surface area contributed by atoms with Crippen LogP contribution < -0.4 is 10.1 Å². The van der Waals surface area contributed by atoms with E-state index in [1.165, 1.54) is 19.2 Å². The minimum Gasteiger partial charge on any atom is -0.496 e. The summed E-state index contributed by atoms with van der Waals surface area (Å²) in [7, 11) is 1.43. The predicted octanol–water partition coefficient (Wildman–Crippen LogP) is 2.34. The van der Waals surface area contributed by atoms with Gasteiger partial charge in [-0.2, -0.15) is 0 Å². The molecule has 21 heavy (non-hydrogen) atoms. The third-order valence-corrected chi connectivity index (χ3v) is 3.30. The molecule has 0 aliphatic heterocycles. The molecular weight excluding hydrogens is 276 g/mol. The van der Waals surface area contributed by atoms with Gasteiger partial charge in [0.1, 0.15) is 11.3 Å². The molecule has 0 radical (unpaired) electrons. The number of carbonyl (C=O) groups is 1. The smallest absolute Gasteiger partial charge is 0.323 e. The summed E-state index contributed by atoms with van der Waals surface area (Å²) in [6.45, 7) is 3.72. The molecule has 0 fully saturated rings. The molecule has 1 atom stereocenters. The molecule has 1 aromatic rings. The number of carboxylic acids is 1. The number of rotatable bonds is 8. The van der Waals surface area contributed by atoms with Crippen LogP contribution in [0.3, 0.4) is 0 Å². The maximum absolute atomic E-state index is 11.3. The second-order valence-corrected chi connectivity index (χ2v) is 5.04. The molecule has 0 bridgehead atoms. The molecule has 1 unspecified atom stereocenters. The fraction of sp³-hybridized carbons (Fsp3) is 0.500. The first kappa shape index (κ1) is 16.9. The molecule has 0 aliphatic carbocycles. The molecule has 2 N–H and O–H groups in total. The van der Waals surface area contributed by atoms with Gasteiger partial charge in [-0.1, -0.05) is 13.3 Å². The maximum Gasteiger partial charge on any atom is 0.323 e. The van der Waals surface area contributed by atoms with Crippen molar-refractivity contribution in [2.45, 2.75) is 38.8 Å². The number of non-ortho nitro benzene ring substituents is 1. The summed E-state index contributed by atoms with van der Waals surface area (Å²) < 4.78 is 5.02. The maximum atomic E-state index is 11.3. The van der Waals surface area contributed by atoms with Gasteiger partial charge in [0.2, 0.25) is 0 Å². The van der Waals surface area contributed by atoms with Crippen molar-refractivity contribution in [3.8, 4) is 5.75 Å². The zero-order chi connectivity index (χ0) is 16.0. The van der Waals surface area contributed by atoms with E-state index in [0.717, 1.165) is 0 Å². The average molecular weight is 296 g/mol. The van der Waals surface area contributed by atoms with E-state index in [1.807, 2.05) is 6.92 Å². The quantitative estimate of drug-likeness (QED) is 0.564. The summed E-state index contributed by atoms with van der Waals surface area (Å²) in [5, 5.41) is 23.1. The van der Waals surface area contributed by atoms with Gasteiger partial charge in [-0.3, -0.25) is 20.2 Å². The minimum atomic E-state index is -1.06. The van der Waals surface area contributed by atoms with E-state index in [9.17, 15) is 20.0 Å². The Labute approximate surface area is 123 Å². The SMILES string of the molecule is CCCC(C)(NCc1cc(OC)cc([N+](=O)[O-])c1)C(=O)O. The number of nitrogens with one attached hydrogen (secondary N) is 1. The Morgan fingerprint density at radius 2 is 2.14 bits per heavy atom. The molecule has 1 aromatic carbocycles. The monoisotopic (exact) mass is 296 g/mol. The Morgan fingerprint density at radius 1 is 1.48 bits per heavy atom. The third-order valence-electron chi connectivity index (χ3n) is 3.30. The Hall–Kier alpha value is -2.15. The van der Waals surface area contributed by atoms with E-state index in [1.54, 1.807) is 13.0 Å². The number of nitrogens with zero attached hydrogens (tertiary/aromatic N) is 1. The number of benzene rings is 1. The largest absolute Gasteiger partial charge is 0.496 e.